The second-order valence-corrected chi connectivity index (χ2v) is 12.0. The van der Waals surface area contributed by atoms with Gasteiger partial charge in [-0.15, -0.1) is 0 Å². The van der Waals surface area contributed by atoms with E-state index in [1.165, 1.54) is 11.1 Å². The normalized spacial score (nSPS) is 22.1. The lowest BCUT2D eigenvalue weighted by molar-refractivity contribution is -0.325. The summed E-state index contributed by atoms with van der Waals surface area (Å²) >= 11 is 0. The van der Waals surface area contributed by atoms with Crippen molar-refractivity contribution < 1.29 is 28.4 Å². The average molecular weight is 629 g/mol. The second kappa shape index (κ2) is 15.2. The van der Waals surface area contributed by atoms with Gasteiger partial charge in [-0.25, -0.2) is 0 Å². The number of ether oxygens (including phenoxy) is 6. The minimum atomic E-state index is -0.701. The van der Waals surface area contributed by atoms with Crippen LogP contribution < -0.4 is 0 Å². The Morgan fingerprint density at radius 2 is 0.979 bits per heavy atom. The standard InChI is InChI=1S/C41H40O6/c1-42-41-40(45-27-31-19-9-4-10-20-31)39(44-26-30-17-7-3-8-18-30)38(36(46-41)28-43-25-29-15-5-2-6-16-29)47-37-34-23-13-11-21-32(34)33-22-12-14-24-35(33)37/h2-24,36-41H,25-28H2,1H3/t36-,38-,39+,40-,41+/m1/s1. The first kappa shape index (κ1) is 31.5. The molecule has 0 spiro atoms. The molecule has 1 fully saturated rings. The molecular weight excluding hydrogens is 588 g/mol. The maximum Gasteiger partial charge on any atom is 0.186 e. The van der Waals surface area contributed by atoms with Crippen molar-refractivity contribution in [3.63, 3.8) is 0 Å². The Kier molecular flexibility index (Phi) is 10.2. The van der Waals surface area contributed by atoms with Crippen molar-refractivity contribution >= 4 is 0 Å². The number of rotatable bonds is 13. The van der Waals surface area contributed by atoms with E-state index in [9.17, 15) is 0 Å². The first-order chi connectivity index (χ1) is 23.3. The maximum absolute atomic E-state index is 7.23. The van der Waals surface area contributed by atoms with Gasteiger partial charge < -0.3 is 28.4 Å². The van der Waals surface area contributed by atoms with E-state index < -0.39 is 30.7 Å². The summed E-state index contributed by atoms with van der Waals surface area (Å²) in [6.07, 6.45) is -3.18. The van der Waals surface area contributed by atoms with Gasteiger partial charge in [-0.1, -0.05) is 140 Å². The van der Waals surface area contributed by atoms with Crippen LogP contribution in [0.4, 0.5) is 0 Å². The molecule has 0 radical (unpaired) electrons. The van der Waals surface area contributed by atoms with Gasteiger partial charge in [-0.05, 0) is 38.9 Å². The van der Waals surface area contributed by atoms with Crippen LogP contribution in [-0.4, -0.2) is 44.4 Å². The molecule has 0 bridgehead atoms. The maximum atomic E-state index is 7.23. The summed E-state index contributed by atoms with van der Waals surface area (Å²) in [5.74, 6) is 0. The van der Waals surface area contributed by atoms with E-state index in [1.54, 1.807) is 7.11 Å². The smallest absolute Gasteiger partial charge is 0.186 e. The minimum absolute atomic E-state index is 0.284. The van der Waals surface area contributed by atoms with Crippen LogP contribution in [-0.2, 0) is 48.2 Å². The highest BCUT2D eigenvalue weighted by molar-refractivity contribution is 5.78. The molecule has 2 aliphatic rings. The highest BCUT2D eigenvalue weighted by atomic mass is 16.7. The second-order valence-electron chi connectivity index (χ2n) is 12.0. The Labute approximate surface area is 276 Å². The van der Waals surface area contributed by atoms with Crippen molar-refractivity contribution in [3.8, 4) is 11.1 Å². The van der Waals surface area contributed by atoms with Crippen molar-refractivity contribution in [3.05, 3.63) is 167 Å². The number of benzene rings is 5. The van der Waals surface area contributed by atoms with E-state index in [0.717, 1.165) is 27.8 Å². The summed E-state index contributed by atoms with van der Waals surface area (Å²) < 4.78 is 39.6. The monoisotopic (exact) mass is 628 g/mol. The van der Waals surface area contributed by atoms with Gasteiger partial charge in [0.15, 0.2) is 6.29 Å². The molecule has 0 N–H and O–H groups in total. The lowest BCUT2D eigenvalue weighted by atomic mass is 9.97. The van der Waals surface area contributed by atoms with Crippen LogP contribution in [0.15, 0.2) is 140 Å². The molecule has 5 aromatic rings. The molecule has 1 saturated heterocycles. The highest BCUT2D eigenvalue weighted by Gasteiger charge is 2.50. The number of hydrogen-bond donors (Lipinski definition) is 0. The van der Waals surface area contributed by atoms with Gasteiger partial charge in [-0.3, -0.25) is 0 Å². The van der Waals surface area contributed by atoms with Crippen molar-refractivity contribution in [1.29, 1.82) is 0 Å². The van der Waals surface area contributed by atoms with Crippen molar-refractivity contribution in [2.45, 2.75) is 56.6 Å². The molecule has 0 aromatic heterocycles. The average Bonchev–Trinajstić information content (AvgIpc) is 3.45. The van der Waals surface area contributed by atoms with E-state index in [-0.39, 0.29) is 12.7 Å². The Morgan fingerprint density at radius 3 is 1.51 bits per heavy atom. The fraction of sp³-hybridized carbons (Fsp3) is 0.268. The largest absolute Gasteiger partial charge is 0.374 e. The fourth-order valence-electron chi connectivity index (χ4n) is 6.55. The number of methoxy groups -OCH3 is 1. The summed E-state index contributed by atoms with van der Waals surface area (Å²) in [6.45, 7) is 1.48. The predicted octanol–water partition coefficient (Wildman–Crippen LogP) is 7.90. The third-order valence-electron chi connectivity index (χ3n) is 8.86. The summed E-state index contributed by atoms with van der Waals surface area (Å²) in [4.78, 5) is 0. The lowest BCUT2D eigenvalue weighted by Crippen LogP contribution is -2.61. The van der Waals surface area contributed by atoms with Crippen molar-refractivity contribution in [2.24, 2.45) is 0 Å². The molecule has 0 unspecified atom stereocenters. The molecule has 1 aliphatic heterocycles. The van der Waals surface area contributed by atoms with Gasteiger partial charge in [-0.2, -0.15) is 0 Å². The molecule has 5 atom stereocenters. The Balaban J connectivity index is 1.23. The summed E-state index contributed by atoms with van der Waals surface area (Å²) in [6, 6.07) is 47.3. The molecule has 240 valence electrons. The highest BCUT2D eigenvalue weighted by Crippen LogP contribution is 2.47. The first-order valence-corrected chi connectivity index (χ1v) is 16.2. The molecule has 6 nitrogen and oxygen atoms in total. The molecule has 1 heterocycles. The van der Waals surface area contributed by atoms with Gasteiger partial charge in [0, 0.05) is 7.11 Å². The molecule has 5 aromatic carbocycles. The topological polar surface area (TPSA) is 55.4 Å². The SMILES string of the molecule is CO[C@H]1O[C@H](COCc2ccccc2)[C@@H](OC2c3ccccc3-c3ccccc32)[C@H](OCc2ccccc2)[C@H]1OCc1ccccc1. The van der Waals surface area contributed by atoms with Gasteiger partial charge >= 0.3 is 0 Å². The third-order valence-corrected chi connectivity index (χ3v) is 8.86. The Morgan fingerprint density at radius 1 is 0.511 bits per heavy atom. The quantitative estimate of drug-likeness (QED) is 0.132. The summed E-state index contributed by atoms with van der Waals surface area (Å²) in [5, 5.41) is 0. The Bertz CT molecular complexity index is 1650. The minimum Gasteiger partial charge on any atom is -0.374 e. The van der Waals surface area contributed by atoms with Gasteiger partial charge in [0.1, 0.15) is 30.5 Å². The predicted molar refractivity (Wildman–Crippen MR) is 180 cm³/mol. The van der Waals surface area contributed by atoms with Crippen molar-refractivity contribution in [2.75, 3.05) is 13.7 Å². The van der Waals surface area contributed by atoms with Crippen LogP contribution in [0.3, 0.4) is 0 Å². The van der Waals surface area contributed by atoms with Crippen molar-refractivity contribution in [1.82, 2.24) is 0 Å². The van der Waals surface area contributed by atoms with Crippen LogP contribution in [0.5, 0.6) is 0 Å². The van der Waals surface area contributed by atoms with E-state index in [4.69, 9.17) is 28.4 Å². The van der Waals surface area contributed by atoms with Crippen LogP contribution in [0.1, 0.15) is 33.9 Å². The summed E-state index contributed by atoms with van der Waals surface area (Å²) in [7, 11) is 1.64. The Hall–Kier alpha value is -4.14. The lowest BCUT2D eigenvalue weighted by Gasteiger charge is -2.46. The van der Waals surface area contributed by atoms with Crippen LogP contribution in [0, 0.1) is 0 Å². The number of fused-ring (bicyclic) bond motifs is 3. The van der Waals surface area contributed by atoms with Crippen LogP contribution in [0.2, 0.25) is 0 Å². The van der Waals surface area contributed by atoms with E-state index in [0.29, 0.717) is 19.8 Å². The van der Waals surface area contributed by atoms with Gasteiger partial charge in [0.2, 0.25) is 0 Å². The first-order valence-electron chi connectivity index (χ1n) is 16.2. The molecule has 6 heteroatoms. The number of hydrogen-bond acceptors (Lipinski definition) is 6. The zero-order valence-corrected chi connectivity index (χ0v) is 26.5. The van der Waals surface area contributed by atoms with E-state index in [2.05, 4.69) is 72.8 Å². The molecule has 1 aliphatic carbocycles. The molecule has 0 amide bonds. The van der Waals surface area contributed by atoms with Gasteiger partial charge in [0.25, 0.3) is 0 Å². The molecule has 0 saturated carbocycles. The zero-order chi connectivity index (χ0) is 31.8. The van der Waals surface area contributed by atoms with E-state index in [1.807, 2.05) is 66.7 Å². The third kappa shape index (κ3) is 7.24. The zero-order valence-electron chi connectivity index (χ0n) is 26.5. The molecule has 7 rings (SSSR count). The van der Waals surface area contributed by atoms with Gasteiger partial charge in [0.05, 0.1) is 26.4 Å². The molecule has 47 heavy (non-hydrogen) atoms. The molecular formula is C41H40O6. The summed E-state index contributed by atoms with van der Waals surface area (Å²) in [5.41, 5.74) is 7.79. The van der Waals surface area contributed by atoms with Crippen LogP contribution in [0.25, 0.3) is 11.1 Å². The van der Waals surface area contributed by atoms with Crippen LogP contribution >= 0.6 is 0 Å². The fourth-order valence-corrected chi connectivity index (χ4v) is 6.55. The van der Waals surface area contributed by atoms with E-state index >= 15 is 0 Å².